The first-order valence-corrected chi connectivity index (χ1v) is 12.0. The summed E-state index contributed by atoms with van der Waals surface area (Å²) in [5.74, 6) is -0.418. The minimum Gasteiger partial charge on any atom is -0.444 e. The van der Waals surface area contributed by atoms with Crippen molar-refractivity contribution in [2.24, 2.45) is 11.3 Å². The van der Waals surface area contributed by atoms with E-state index in [2.05, 4.69) is 15.6 Å². The van der Waals surface area contributed by atoms with Gasteiger partial charge in [0.2, 0.25) is 5.91 Å². The molecule has 3 heterocycles. The van der Waals surface area contributed by atoms with Gasteiger partial charge in [-0.1, -0.05) is 0 Å². The molecule has 2 aliphatic heterocycles. The van der Waals surface area contributed by atoms with Gasteiger partial charge in [-0.25, -0.2) is 9.59 Å². The summed E-state index contributed by atoms with van der Waals surface area (Å²) in [5.41, 5.74) is -1.54. The number of alkyl halides is 3. The van der Waals surface area contributed by atoms with Gasteiger partial charge in [0, 0.05) is 57.6 Å². The first-order valence-electron chi connectivity index (χ1n) is 12.0. The standard InChI is InChI=1S/C24H32F3N5O4/c1-22(2,3)36-21(35)30-17-8-16-12-32(20(34)28-4)13-23(16,9-17)19(33)31-6-5-18-14(11-31)7-15(10-29-18)24(25,26)27/h7,10,16-17H,5-6,8-9,11-13H2,1-4H3,(H,28,34)(H,30,35)/t16-,17+,23-/m0/s1. The van der Waals surface area contributed by atoms with Gasteiger partial charge in [-0.2, -0.15) is 13.2 Å². The molecule has 1 aliphatic carbocycles. The number of nitrogens with one attached hydrogen (secondary N) is 2. The molecule has 0 unspecified atom stereocenters. The van der Waals surface area contributed by atoms with Crippen molar-refractivity contribution < 1.29 is 32.3 Å². The molecule has 4 rings (SSSR count). The minimum atomic E-state index is -4.52. The number of carbonyl (C=O) groups excluding carboxylic acids is 3. The molecular weight excluding hydrogens is 479 g/mol. The van der Waals surface area contributed by atoms with Crippen molar-refractivity contribution in [2.75, 3.05) is 26.7 Å². The number of pyridine rings is 1. The van der Waals surface area contributed by atoms with Crippen molar-refractivity contribution in [2.45, 2.75) is 64.4 Å². The summed E-state index contributed by atoms with van der Waals surface area (Å²) in [6.07, 6.45) is -3.12. The van der Waals surface area contributed by atoms with Crippen LogP contribution in [0, 0.1) is 11.3 Å². The first kappa shape index (κ1) is 26.0. The van der Waals surface area contributed by atoms with Crippen molar-refractivity contribution in [3.05, 3.63) is 29.1 Å². The lowest BCUT2D eigenvalue weighted by atomic mass is 9.78. The second-order valence-electron chi connectivity index (χ2n) is 10.9. The second kappa shape index (κ2) is 9.11. The lowest BCUT2D eigenvalue weighted by molar-refractivity contribution is -0.143. The highest BCUT2D eigenvalue weighted by Crippen LogP contribution is 2.50. The van der Waals surface area contributed by atoms with E-state index < -0.39 is 28.8 Å². The normalized spacial score (nSPS) is 25.8. The van der Waals surface area contributed by atoms with Crippen LogP contribution in [0.25, 0.3) is 0 Å². The third kappa shape index (κ3) is 5.08. The largest absolute Gasteiger partial charge is 0.444 e. The molecule has 1 saturated heterocycles. The number of alkyl carbamates (subject to hydrolysis) is 1. The smallest absolute Gasteiger partial charge is 0.417 e. The fourth-order valence-corrected chi connectivity index (χ4v) is 5.67. The Labute approximate surface area is 207 Å². The Bertz CT molecular complexity index is 1060. The van der Waals surface area contributed by atoms with Crippen LogP contribution >= 0.6 is 0 Å². The van der Waals surface area contributed by atoms with Crippen molar-refractivity contribution >= 4 is 18.0 Å². The maximum absolute atomic E-state index is 14.0. The van der Waals surface area contributed by atoms with Crippen molar-refractivity contribution in [1.29, 1.82) is 0 Å². The predicted molar refractivity (Wildman–Crippen MR) is 123 cm³/mol. The van der Waals surface area contributed by atoms with Crippen LogP contribution in [0.1, 0.15) is 50.4 Å². The number of halogens is 3. The maximum atomic E-state index is 14.0. The summed E-state index contributed by atoms with van der Waals surface area (Å²) in [5, 5.41) is 5.45. The van der Waals surface area contributed by atoms with Gasteiger partial charge in [0.05, 0.1) is 11.0 Å². The van der Waals surface area contributed by atoms with Gasteiger partial charge in [-0.05, 0) is 51.2 Å². The molecule has 0 bridgehead atoms. The molecular formula is C24H32F3N5O4. The van der Waals surface area contributed by atoms with E-state index in [1.807, 2.05) is 0 Å². The monoisotopic (exact) mass is 511 g/mol. The van der Waals surface area contributed by atoms with E-state index in [4.69, 9.17) is 4.74 Å². The van der Waals surface area contributed by atoms with Gasteiger partial charge in [0.15, 0.2) is 0 Å². The van der Waals surface area contributed by atoms with E-state index in [-0.39, 0.29) is 37.0 Å². The molecule has 4 amide bonds. The fraction of sp³-hybridized carbons (Fsp3) is 0.667. The summed E-state index contributed by atoms with van der Waals surface area (Å²) < 4.78 is 45.1. The zero-order chi connectivity index (χ0) is 26.5. The van der Waals surface area contributed by atoms with E-state index in [9.17, 15) is 27.6 Å². The molecule has 1 aromatic heterocycles. The van der Waals surface area contributed by atoms with Crippen molar-refractivity contribution in [1.82, 2.24) is 25.4 Å². The van der Waals surface area contributed by atoms with Crippen LogP contribution in [0.3, 0.4) is 0 Å². The highest BCUT2D eigenvalue weighted by molar-refractivity contribution is 5.86. The summed E-state index contributed by atoms with van der Waals surface area (Å²) in [6.45, 7) is 6.14. The molecule has 1 aromatic rings. The number of hydrogen-bond acceptors (Lipinski definition) is 5. The van der Waals surface area contributed by atoms with E-state index in [0.717, 1.165) is 12.3 Å². The molecule has 2 fully saturated rings. The topological polar surface area (TPSA) is 104 Å². The van der Waals surface area contributed by atoms with Gasteiger partial charge < -0.3 is 25.2 Å². The van der Waals surface area contributed by atoms with Gasteiger partial charge in [-0.15, -0.1) is 0 Å². The Morgan fingerprint density at radius 2 is 1.92 bits per heavy atom. The quantitative estimate of drug-likeness (QED) is 0.636. The number of urea groups is 1. The molecule has 36 heavy (non-hydrogen) atoms. The van der Waals surface area contributed by atoms with Crippen molar-refractivity contribution in [3.63, 3.8) is 0 Å². The van der Waals surface area contributed by atoms with E-state index >= 15 is 0 Å². The number of ether oxygens (including phenoxy) is 1. The molecule has 3 aliphatic rings. The third-order valence-corrected chi connectivity index (χ3v) is 7.18. The van der Waals surface area contributed by atoms with Gasteiger partial charge in [0.1, 0.15) is 5.60 Å². The lowest BCUT2D eigenvalue weighted by Gasteiger charge is -2.37. The lowest BCUT2D eigenvalue weighted by Crippen LogP contribution is -2.50. The number of likely N-dealkylation sites (tertiary alicyclic amines) is 1. The Balaban J connectivity index is 1.56. The maximum Gasteiger partial charge on any atom is 0.417 e. The van der Waals surface area contributed by atoms with E-state index in [1.54, 1.807) is 30.6 Å². The average molecular weight is 512 g/mol. The Morgan fingerprint density at radius 3 is 2.56 bits per heavy atom. The van der Waals surface area contributed by atoms with Crippen LogP contribution in [0.2, 0.25) is 0 Å². The molecule has 9 nitrogen and oxygen atoms in total. The molecule has 0 radical (unpaired) electrons. The molecule has 198 valence electrons. The van der Waals surface area contributed by atoms with Crippen LogP contribution in [0.15, 0.2) is 12.3 Å². The highest BCUT2D eigenvalue weighted by Gasteiger charge is 2.60. The molecule has 0 aromatic carbocycles. The average Bonchev–Trinajstić information content (AvgIpc) is 3.30. The SMILES string of the molecule is CNC(=O)N1C[C@@H]2C[C@@H](NC(=O)OC(C)(C)C)C[C@]2(C(=O)N2CCc3ncc(C(F)(F)F)cc3C2)C1. The Hall–Kier alpha value is -3.05. The summed E-state index contributed by atoms with van der Waals surface area (Å²) in [7, 11) is 1.52. The number of aromatic nitrogens is 1. The number of hydrogen-bond donors (Lipinski definition) is 2. The zero-order valence-corrected chi connectivity index (χ0v) is 20.9. The number of carbonyl (C=O) groups is 3. The van der Waals surface area contributed by atoms with Crippen LogP contribution in [-0.4, -0.2) is 71.1 Å². The predicted octanol–water partition coefficient (Wildman–Crippen LogP) is 2.93. The van der Waals surface area contributed by atoms with Crippen LogP contribution in [0.4, 0.5) is 22.8 Å². The Morgan fingerprint density at radius 1 is 1.19 bits per heavy atom. The molecule has 3 atom stereocenters. The Kier molecular flexibility index (Phi) is 6.59. The van der Waals surface area contributed by atoms with Gasteiger partial charge >= 0.3 is 18.3 Å². The first-order chi connectivity index (χ1) is 16.7. The van der Waals surface area contributed by atoms with Crippen LogP contribution < -0.4 is 10.6 Å². The minimum absolute atomic E-state index is 0.0176. The number of amides is 4. The summed E-state index contributed by atoms with van der Waals surface area (Å²) in [6, 6.07) is 0.441. The van der Waals surface area contributed by atoms with Gasteiger partial charge in [0.25, 0.3) is 0 Å². The second-order valence-corrected chi connectivity index (χ2v) is 10.9. The number of rotatable bonds is 2. The molecule has 1 saturated carbocycles. The fourth-order valence-electron chi connectivity index (χ4n) is 5.67. The summed E-state index contributed by atoms with van der Waals surface area (Å²) in [4.78, 5) is 45.9. The van der Waals surface area contributed by atoms with E-state index in [1.165, 1.54) is 7.05 Å². The van der Waals surface area contributed by atoms with Gasteiger partial charge in [-0.3, -0.25) is 9.78 Å². The van der Waals surface area contributed by atoms with Crippen LogP contribution in [-0.2, 0) is 28.7 Å². The molecule has 12 heteroatoms. The zero-order valence-electron chi connectivity index (χ0n) is 20.9. The summed E-state index contributed by atoms with van der Waals surface area (Å²) >= 11 is 0. The number of nitrogens with zero attached hydrogens (tertiary/aromatic N) is 3. The highest BCUT2D eigenvalue weighted by atomic mass is 19.4. The van der Waals surface area contributed by atoms with Crippen molar-refractivity contribution in [3.8, 4) is 0 Å². The number of fused-ring (bicyclic) bond motifs is 2. The van der Waals surface area contributed by atoms with E-state index in [0.29, 0.717) is 43.6 Å². The molecule has 2 N–H and O–H groups in total. The van der Waals surface area contributed by atoms with Crippen LogP contribution in [0.5, 0.6) is 0 Å². The molecule has 0 spiro atoms. The third-order valence-electron chi connectivity index (χ3n) is 7.18.